The average Bonchev–Trinajstić information content (AvgIpc) is 2.58. The van der Waals surface area contributed by atoms with E-state index in [2.05, 4.69) is 51.7 Å². The van der Waals surface area contributed by atoms with Crippen molar-refractivity contribution in [3.05, 3.63) is 42.1 Å². The summed E-state index contributed by atoms with van der Waals surface area (Å²) in [6.07, 6.45) is 8.94. The van der Waals surface area contributed by atoms with Gasteiger partial charge in [0.05, 0.1) is 5.52 Å². The number of hydrogen-bond acceptors (Lipinski definition) is 3. The molecule has 1 N–H and O–H groups in total. The number of nitrogens with one attached hydrogen (secondary N) is 1. The molecule has 0 atom stereocenters. The molecule has 0 amide bonds. The molecule has 2 aromatic rings. The second kappa shape index (κ2) is 7.16. The molecule has 0 radical (unpaired) electrons. The summed E-state index contributed by atoms with van der Waals surface area (Å²) in [6, 6.07) is 10.7. The Morgan fingerprint density at radius 2 is 1.96 bits per heavy atom. The van der Waals surface area contributed by atoms with Crippen LogP contribution in [-0.2, 0) is 6.54 Å². The van der Waals surface area contributed by atoms with Crippen LogP contribution >= 0.6 is 12.4 Å². The van der Waals surface area contributed by atoms with Crippen molar-refractivity contribution in [3.8, 4) is 0 Å². The lowest BCUT2D eigenvalue weighted by atomic mass is 9.79. The Kier molecular flexibility index (Phi) is 5.20. The van der Waals surface area contributed by atoms with Crippen molar-refractivity contribution in [2.24, 2.45) is 0 Å². The lowest BCUT2D eigenvalue weighted by Gasteiger charge is -2.50. The molecule has 4 rings (SSSR count). The van der Waals surface area contributed by atoms with E-state index in [1.165, 1.54) is 43.1 Å². The van der Waals surface area contributed by atoms with Crippen molar-refractivity contribution in [2.75, 3.05) is 19.6 Å². The Hall–Kier alpha value is -1.16. The standard InChI is InChI=1S/C19H25N3.ClH/c1-4-8-19(9-5-1)15-20-10-11-22(19)14-16-12-17-6-2-3-7-18(17)21-13-16;/h2-3,6-7,12-13,20H,1,4-5,8-11,14-15H2;1H. The highest BCUT2D eigenvalue weighted by molar-refractivity contribution is 5.85. The molecule has 1 saturated heterocycles. The maximum Gasteiger partial charge on any atom is 0.0702 e. The van der Waals surface area contributed by atoms with Gasteiger partial charge in [-0.3, -0.25) is 9.88 Å². The third-order valence-corrected chi connectivity index (χ3v) is 5.49. The van der Waals surface area contributed by atoms with Gasteiger partial charge in [-0.25, -0.2) is 0 Å². The predicted molar refractivity (Wildman–Crippen MR) is 98.1 cm³/mol. The van der Waals surface area contributed by atoms with Crippen molar-refractivity contribution < 1.29 is 0 Å². The van der Waals surface area contributed by atoms with Crippen LogP contribution in [0.1, 0.15) is 37.7 Å². The van der Waals surface area contributed by atoms with Gasteiger partial charge in [-0.1, -0.05) is 37.5 Å². The van der Waals surface area contributed by atoms with E-state index in [9.17, 15) is 0 Å². The van der Waals surface area contributed by atoms with Crippen LogP contribution in [0.4, 0.5) is 0 Å². The third-order valence-electron chi connectivity index (χ3n) is 5.49. The van der Waals surface area contributed by atoms with Gasteiger partial charge in [0.1, 0.15) is 0 Å². The monoisotopic (exact) mass is 331 g/mol. The number of aromatic nitrogens is 1. The molecule has 1 aliphatic heterocycles. The normalized spacial score (nSPS) is 21.2. The second-order valence-electron chi connectivity index (χ2n) is 6.92. The zero-order valence-corrected chi connectivity index (χ0v) is 14.4. The lowest BCUT2D eigenvalue weighted by Crippen LogP contribution is -2.61. The summed E-state index contributed by atoms with van der Waals surface area (Å²) in [5.74, 6) is 0. The van der Waals surface area contributed by atoms with Gasteiger partial charge < -0.3 is 5.32 Å². The number of benzene rings is 1. The predicted octanol–water partition coefficient (Wildman–Crippen LogP) is 3.76. The van der Waals surface area contributed by atoms with Gasteiger partial charge in [0.15, 0.2) is 0 Å². The minimum atomic E-state index is 0. The summed E-state index contributed by atoms with van der Waals surface area (Å²) in [6.45, 7) is 4.48. The SMILES string of the molecule is Cl.c1ccc2ncc(CN3CCNCC34CCCCC4)cc2c1. The smallest absolute Gasteiger partial charge is 0.0702 e. The summed E-state index contributed by atoms with van der Waals surface area (Å²) in [7, 11) is 0. The van der Waals surface area contributed by atoms with Crippen LogP contribution in [0.15, 0.2) is 36.5 Å². The maximum absolute atomic E-state index is 4.64. The van der Waals surface area contributed by atoms with Gasteiger partial charge in [-0.2, -0.15) is 0 Å². The van der Waals surface area contributed by atoms with Crippen LogP contribution in [0.5, 0.6) is 0 Å². The van der Waals surface area contributed by atoms with E-state index < -0.39 is 0 Å². The van der Waals surface area contributed by atoms with E-state index in [0.717, 1.165) is 31.7 Å². The number of hydrogen-bond donors (Lipinski definition) is 1. The summed E-state index contributed by atoms with van der Waals surface area (Å²) < 4.78 is 0. The number of piperazine rings is 1. The molecule has 124 valence electrons. The third kappa shape index (κ3) is 3.37. The fourth-order valence-corrected chi connectivity index (χ4v) is 4.26. The van der Waals surface area contributed by atoms with Gasteiger partial charge in [-0.05, 0) is 30.5 Å². The fraction of sp³-hybridized carbons (Fsp3) is 0.526. The van der Waals surface area contributed by atoms with Crippen molar-refractivity contribution in [3.63, 3.8) is 0 Å². The van der Waals surface area contributed by atoms with Crippen LogP contribution < -0.4 is 5.32 Å². The van der Waals surface area contributed by atoms with Crippen molar-refractivity contribution >= 4 is 23.3 Å². The molecule has 0 bridgehead atoms. The summed E-state index contributed by atoms with van der Waals surface area (Å²) in [5.41, 5.74) is 2.84. The molecule has 1 saturated carbocycles. The number of para-hydroxylation sites is 1. The van der Waals surface area contributed by atoms with Gasteiger partial charge in [-0.15, -0.1) is 12.4 Å². The zero-order chi connectivity index (χ0) is 14.8. The molecule has 2 aliphatic rings. The van der Waals surface area contributed by atoms with Crippen LogP contribution in [0, 0.1) is 0 Å². The molecule has 2 fully saturated rings. The van der Waals surface area contributed by atoms with Crippen LogP contribution in [0.2, 0.25) is 0 Å². The van der Waals surface area contributed by atoms with Gasteiger partial charge >= 0.3 is 0 Å². The highest BCUT2D eigenvalue weighted by Crippen LogP contribution is 2.35. The highest BCUT2D eigenvalue weighted by atomic mass is 35.5. The van der Waals surface area contributed by atoms with Gasteiger partial charge in [0.25, 0.3) is 0 Å². The molecule has 2 heterocycles. The molecule has 1 spiro atoms. The van der Waals surface area contributed by atoms with Crippen molar-refractivity contribution in [1.82, 2.24) is 15.2 Å². The largest absolute Gasteiger partial charge is 0.314 e. The van der Waals surface area contributed by atoms with Crippen LogP contribution in [0.25, 0.3) is 10.9 Å². The maximum atomic E-state index is 4.64. The first-order valence-electron chi connectivity index (χ1n) is 8.65. The Bertz CT molecular complexity index is 644. The van der Waals surface area contributed by atoms with Crippen LogP contribution in [-0.4, -0.2) is 35.1 Å². The first-order valence-corrected chi connectivity index (χ1v) is 8.65. The van der Waals surface area contributed by atoms with Crippen molar-refractivity contribution in [2.45, 2.75) is 44.2 Å². The van der Waals surface area contributed by atoms with Crippen LogP contribution in [0.3, 0.4) is 0 Å². The van der Waals surface area contributed by atoms with Gasteiger partial charge in [0.2, 0.25) is 0 Å². The topological polar surface area (TPSA) is 28.2 Å². The number of pyridine rings is 1. The second-order valence-corrected chi connectivity index (χ2v) is 6.92. The number of rotatable bonds is 2. The van der Waals surface area contributed by atoms with E-state index in [4.69, 9.17) is 0 Å². The first-order chi connectivity index (χ1) is 10.9. The highest BCUT2D eigenvalue weighted by Gasteiger charge is 2.39. The molecular formula is C19H26ClN3. The average molecular weight is 332 g/mol. The number of nitrogens with zero attached hydrogens (tertiary/aromatic N) is 2. The minimum absolute atomic E-state index is 0. The summed E-state index contributed by atoms with van der Waals surface area (Å²) in [5, 5.41) is 4.89. The Morgan fingerprint density at radius 3 is 2.83 bits per heavy atom. The Labute approximate surface area is 144 Å². The molecular weight excluding hydrogens is 306 g/mol. The molecule has 1 aliphatic carbocycles. The van der Waals surface area contributed by atoms with Crippen molar-refractivity contribution in [1.29, 1.82) is 0 Å². The first kappa shape index (κ1) is 16.7. The van der Waals surface area contributed by atoms with E-state index in [-0.39, 0.29) is 12.4 Å². The Morgan fingerprint density at radius 1 is 1.13 bits per heavy atom. The minimum Gasteiger partial charge on any atom is -0.314 e. The Balaban J connectivity index is 0.00000156. The van der Waals surface area contributed by atoms with E-state index in [1.54, 1.807) is 0 Å². The molecule has 23 heavy (non-hydrogen) atoms. The molecule has 1 aromatic carbocycles. The lowest BCUT2D eigenvalue weighted by molar-refractivity contribution is 0.0208. The quantitative estimate of drug-likeness (QED) is 0.908. The van der Waals surface area contributed by atoms with E-state index >= 15 is 0 Å². The number of fused-ring (bicyclic) bond motifs is 1. The van der Waals surface area contributed by atoms with Gasteiger partial charge in [0, 0.05) is 43.3 Å². The summed E-state index contributed by atoms with van der Waals surface area (Å²) in [4.78, 5) is 7.37. The molecule has 0 unspecified atom stereocenters. The summed E-state index contributed by atoms with van der Waals surface area (Å²) >= 11 is 0. The molecule has 1 aromatic heterocycles. The van der Waals surface area contributed by atoms with E-state index in [1.807, 2.05) is 0 Å². The molecule has 4 heteroatoms. The zero-order valence-electron chi connectivity index (χ0n) is 13.6. The number of halogens is 1. The van der Waals surface area contributed by atoms with E-state index in [0.29, 0.717) is 5.54 Å². The fourth-order valence-electron chi connectivity index (χ4n) is 4.26. The molecule has 3 nitrogen and oxygen atoms in total.